The molecule has 7 atom stereocenters. The first-order valence-corrected chi connectivity index (χ1v) is 5.04. The summed E-state index contributed by atoms with van der Waals surface area (Å²) in [5.41, 5.74) is -3.71. The van der Waals surface area contributed by atoms with E-state index < -0.39 is 41.9 Å². The van der Waals surface area contributed by atoms with Gasteiger partial charge >= 0.3 is 0 Å². The van der Waals surface area contributed by atoms with Crippen molar-refractivity contribution in [3.05, 3.63) is 0 Å². The zero-order chi connectivity index (χ0) is 12.3. The molecular weight excluding hydrogens is 220 g/mol. The number of rotatable bonds is 0. The van der Waals surface area contributed by atoms with Crippen LogP contribution in [0.15, 0.2) is 0 Å². The summed E-state index contributed by atoms with van der Waals surface area (Å²) in [6, 6.07) is 0. The van der Waals surface area contributed by atoms with Gasteiger partial charge in [0.2, 0.25) is 0 Å². The van der Waals surface area contributed by atoms with E-state index in [0.717, 1.165) is 0 Å². The summed E-state index contributed by atoms with van der Waals surface area (Å²) in [6.45, 7) is 1.18. The Hall–Kier alpha value is -0.280. The molecule has 2 fully saturated rings. The van der Waals surface area contributed by atoms with Gasteiger partial charge in [-0.05, 0) is 6.92 Å². The molecule has 1 spiro atoms. The van der Waals surface area contributed by atoms with Crippen molar-refractivity contribution in [1.82, 2.24) is 0 Å². The van der Waals surface area contributed by atoms with Crippen LogP contribution in [0.4, 0.5) is 0 Å². The van der Waals surface area contributed by atoms with Crippen LogP contribution in [-0.2, 0) is 4.74 Å². The molecular formula is C9H16O7. The molecule has 0 amide bonds. The maximum Gasteiger partial charge on any atom is 0.181 e. The summed E-state index contributed by atoms with van der Waals surface area (Å²) < 4.78 is 4.98. The van der Waals surface area contributed by atoms with Crippen molar-refractivity contribution >= 4 is 0 Å². The average molecular weight is 236 g/mol. The van der Waals surface area contributed by atoms with Crippen LogP contribution in [0.3, 0.4) is 0 Å². The summed E-state index contributed by atoms with van der Waals surface area (Å²) in [6.07, 6.45) is -7.88. The fourth-order valence-electron chi connectivity index (χ4n) is 2.60. The van der Waals surface area contributed by atoms with Crippen LogP contribution in [0.25, 0.3) is 0 Å². The van der Waals surface area contributed by atoms with Gasteiger partial charge in [-0.1, -0.05) is 0 Å². The lowest BCUT2D eigenvalue weighted by Crippen LogP contribution is -2.57. The SMILES string of the molecule is C[C@]1(O)[C@H](O)[C@@H](O)[C@H](O)C12C[C@H](O)[C@H](O)O2. The first kappa shape index (κ1) is 12.2. The predicted molar refractivity (Wildman–Crippen MR) is 49.1 cm³/mol. The molecule has 94 valence electrons. The van der Waals surface area contributed by atoms with E-state index in [1.165, 1.54) is 6.92 Å². The van der Waals surface area contributed by atoms with Gasteiger partial charge in [0.15, 0.2) is 6.29 Å². The van der Waals surface area contributed by atoms with E-state index in [9.17, 15) is 30.6 Å². The van der Waals surface area contributed by atoms with E-state index in [1.54, 1.807) is 0 Å². The molecule has 1 saturated carbocycles. The van der Waals surface area contributed by atoms with Crippen molar-refractivity contribution in [3.8, 4) is 0 Å². The van der Waals surface area contributed by atoms with Crippen LogP contribution in [0.5, 0.6) is 0 Å². The van der Waals surface area contributed by atoms with Gasteiger partial charge in [0.1, 0.15) is 35.6 Å². The second kappa shape index (κ2) is 3.36. The van der Waals surface area contributed by atoms with Crippen molar-refractivity contribution < 1.29 is 35.4 Å². The number of hydrogen-bond acceptors (Lipinski definition) is 7. The molecule has 7 heteroatoms. The summed E-state index contributed by atoms with van der Waals surface area (Å²) in [7, 11) is 0. The van der Waals surface area contributed by atoms with Gasteiger partial charge in [0, 0.05) is 6.42 Å². The molecule has 6 N–H and O–H groups in total. The third kappa shape index (κ3) is 1.22. The van der Waals surface area contributed by atoms with Crippen LogP contribution in [0.2, 0.25) is 0 Å². The van der Waals surface area contributed by atoms with Crippen LogP contribution in [-0.4, -0.2) is 72.5 Å². The molecule has 0 aromatic carbocycles. The van der Waals surface area contributed by atoms with Crippen LogP contribution in [0, 0.1) is 0 Å². The first-order valence-electron chi connectivity index (χ1n) is 5.04. The van der Waals surface area contributed by atoms with Crippen LogP contribution < -0.4 is 0 Å². The van der Waals surface area contributed by atoms with Crippen molar-refractivity contribution in [2.24, 2.45) is 0 Å². The molecule has 0 bridgehead atoms. The fourth-order valence-corrected chi connectivity index (χ4v) is 2.60. The number of aliphatic hydroxyl groups is 6. The maximum atomic E-state index is 10.1. The highest BCUT2D eigenvalue weighted by molar-refractivity contribution is 5.20. The second-order valence-electron chi connectivity index (χ2n) is 4.70. The second-order valence-corrected chi connectivity index (χ2v) is 4.70. The Kier molecular flexibility index (Phi) is 2.56. The van der Waals surface area contributed by atoms with Gasteiger partial charge in [-0.25, -0.2) is 0 Å². The molecule has 1 heterocycles. The third-order valence-electron chi connectivity index (χ3n) is 3.73. The van der Waals surface area contributed by atoms with E-state index in [-0.39, 0.29) is 6.42 Å². The fraction of sp³-hybridized carbons (Fsp3) is 1.00. The smallest absolute Gasteiger partial charge is 0.181 e. The molecule has 16 heavy (non-hydrogen) atoms. The molecule has 2 aliphatic rings. The van der Waals surface area contributed by atoms with Crippen molar-refractivity contribution in [2.45, 2.75) is 55.3 Å². The van der Waals surface area contributed by atoms with Crippen molar-refractivity contribution in [2.75, 3.05) is 0 Å². The van der Waals surface area contributed by atoms with E-state index in [4.69, 9.17) is 4.74 Å². The summed E-state index contributed by atoms with van der Waals surface area (Å²) in [5, 5.41) is 57.6. The topological polar surface area (TPSA) is 131 Å². The monoisotopic (exact) mass is 236 g/mol. The Morgan fingerprint density at radius 3 is 1.94 bits per heavy atom. The molecule has 7 nitrogen and oxygen atoms in total. The molecule has 2 rings (SSSR count). The lowest BCUT2D eigenvalue weighted by molar-refractivity contribution is -0.239. The first-order chi connectivity index (χ1) is 7.24. The molecule has 1 aliphatic carbocycles. The Bertz CT molecular complexity index is 282. The maximum absolute atomic E-state index is 10.1. The lowest BCUT2D eigenvalue weighted by Gasteiger charge is -2.38. The van der Waals surface area contributed by atoms with Crippen molar-refractivity contribution in [3.63, 3.8) is 0 Å². The highest BCUT2D eigenvalue weighted by Gasteiger charge is 2.71. The quantitative estimate of drug-likeness (QED) is 0.259. The van der Waals surface area contributed by atoms with Gasteiger partial charge in [0.25, 0.3) is 0 Å². The number of aliphatic hydroxyl groups excluding tert-OH is 5. The van der Waals surface area contributed by atoms with E-state index >= 15 is 0 Å². The van der Waals surface area contributed by atoms with Gasteiger partial charge in [0.05, 0.1) is 0 Å². The minimum Gasteiger partial charge on any atom is -0.388 e. The average Bonchev–Trinajstić information content (AvgIpc) is 2.57. The number of hydrogen-bond donors (Lipinski definition) is 6. The van der Waals surface area contributed by atoms with Crippen molar-refractivity contribution in [1.29, 1.82) is 0 Å². The summed E-state index contributed by atoms with van der Waals surface area (Å²) >= 11 is 0. The highest BCUT2D eigenvalue weighted by atomic mass is 16.7. The Morgan fingerprint density at radius 2 is 1.62 bits per heavy atom. The molecule has 0 aromatic heterocycles. The molecule has 1 unspecified atom stereocenters. The van der Waals surface area contributed by atoms with E-state index in [1.807, 2.05) is 0 Å². The standard InChI is InChI=1S/C9H16O7/c1-8(15)5(12)4(11)6(13)9(8)2-3(10)7(14)16-9/h3-7,10-15H,2H2,1H3/t3-,4+,5+,6-,7+,8-,9?/m0/s1. The predicted octanol–water partition coefficient (Wildman–Crippen LogP) is -3.33. The molecule has 1 saturated heterocycles. The van der Waals surface area contributed by atoms with Crippen LogP contribution in [0.1, 0.15) is 13.3 Å². The minimum atomic E-state index is -1.95. The summed E-state index contributed by atoms with van der Waals surface area (Å²) in [4.78, 5) is 0. The summed E-state index contributed by atoms with van der Waals surface area (Å²) in [5.74, 6) is 0. The normalized spacial score (nSPS) is 62.1. The Labute approximate surface area is 91.5 Å². The molecule has 0 radical (unpaired) electrons. The zero-order valence-corrected chi connectivity index (χ0v) is 8.69. The number of ether oxygens (including phenoxy) is 1. The van der Waals surface area contributed by atoms with E-state index in [0.29, 0.717) is 0 Å². The van der Waals surface area contributed by atoms with Crippen LogP contribution >= 0.6 is 0 Å². The Balaban J connectivity index is 2.40. The Morgan fingerprint density at radius 1 is 1.06 bits per heavy atom. The van der Waals surface area contributed by atoms with Gasteiger partial charge in [-0.15, -0.1) is 0 Å². The largest absolute Gasteiger partial charge is 0.388 e. The lowest BCUT2D eigenvalue weighted by atomic mass is 9.82. The third-order valence-corrected chi connectivity index (χ3v) is 3.73. The zero-order valence-electron chi connectivity index (χ0n) is 8.69. The van der Waals surface area contributed by atoms with Gasteiger partial charge in [-0.3, -0.25) is 0 Å². The molecule has 0 aromatic rings. The minimum absolute atomic E-state index is 0.267. The molecule has 1 aliphatic heterocycles. The van der Waals surface area contributed by atoms with Gasteiger partial charge < -0.3 is 35.4 Å². The van der Waals surface area contributed by atoms with Gasteiger partial charge in [-0.2, -0.15) is 0 Å². The van der Waals surface area contributed by atoms with E-state index in [2.05, 4.69) is 0 Å². The highest BCUT2D eigenvalue weighted by Crippen LogP contribution is 2.49.